The van der Waals surface area contributed by atoms with Crippen molar-refractivity contribution in [2.24, 2.45) is 4.99 Å². The van der Waals surface area contributed by atoms with Crippen LogP contribution in [0.4, 0.5) is 8.78 Å². The summed E-state index contributed by atoms with van der Waals surface area (Å²) in [6.07, 6.45) is 1.35. The van der Waals surface area contributed by atoms with E-state index in [-0.39, 0.29) is 22.2 Å². The summed E-state index contributed by atoms with van der Waals surface area (Å²) in [6, 6.07) is 3.21. The molecule has 0 unspecified atom stereocenters. The quantitative estimate of drug-likeness (QED) is 0.352. The van der Waals surface area contributed by atoms with Gasteiger partial charge in [0.25, 0.3) is 0 Å². The Balaban J connectivity index is 2.00. The molecule has 0 spiro atoms. The highest BCUT2D eigenvalue weighted by Gasteiger charge is 2.27. The lowest BCUT2D eigenvalue weighted by Crippen LogP contribution is -2.07. The summed E-state index contributed by atoms with van der Waals surface area (Å²) in [5.41, 5.74) is -0.0846. The Morgan fingerprint density at radius 3 is 2.52 bits per heavy atom. The van der Waals surface area contributed by atoms with Crippen LogP contribution >= 0.6 is 43.5 Å². The Kier molecular flexibility index (Phi) is 4.39. The molecule has 0 amide bonds. The van der Waals surface area contributed by atoms with Crippen molar-refractivity contribution >= 4 is 61.4 Å². The number of carbonyl (C=O) groups is 1. The number of furan rings is 1. The molecule has 0 radical (unpaired) electrons. The highest BCUT2D eigenvalue weighted by atomic mass is 79.9. The van der Waals surface area contributed by atoms with Gasteiger partial charge >= 0.3 is 5.97 Å². The van der Waals surface area contributed by atoms with E-state index in [0.29, 0.717) is 14.9 Å². The van der Waals surface area contributed by atoms with Crippen LogP contribution in [-0.4, -0.2) is 11.9 Å². The molecule has 2 heterocycles. The van der Waals surface area contributed by atoms with Gasteiger partial charge in [-0.2, -0.15) is 0 Å². The Hall–Kier alpha value is -1.51. The molecule has 0 saturated carbocycles. The van der Waals surface area contributed by atoms with Gasteiger partial charge in [-0.3, -0.25) is 0 Å². The minimum atomic E-state index is -1.13. The predicted molar refractivity (Wildman–Crippen MR) is 86.1 cm³/mol. The van der Waals surface area contributed by atoms with Crippen molar-refractivity contribution in [1.82, 2.24) is 0 Å². The average Bonchev–Trinajstić information content (AvgIpc) is 2.98. The second-order valence-electron chi connectivity index (χ2n) is 4.35. The number of hydrogen-bond acceptors (Lipinski definition) is 4. The molecule has 2 aromatic rings. The second-order valence-corrected chi connectivity index (χ2v) is 6.33. The highest BCUT2D eigenvalue weighted by molar-refractivity contribution is 9.13. The fraction of sp³-hybridized carbons (Fsp3) is 0. The number of aliphatic imine (C=N–C) groups is 1. The minimum Gasteiger partial charge on any atom is -0.449 e. The van der Waals surface area contributed by atoms with E-state index in [1.54, 1.807) is 6.07 Å². The normalized spacial score (nSPS) is 16.0. The number of rotatable bonds is 2. The number of nitrogens with zero attached hydrogens (tertiary/aromatic N) is 1. The molecule has 1 aliphatic rings. The van der Waals surface area contributed by atoms with E-state index in [4.69, 9.17) is 20.8 Å². The van der Waals surface area contributed by atoms with Gasteiger partial charge in [-0.05, 0) is 50.1 Å². The molecule has 0 fully saturated rings. The van der Waals surface area contributed by atoms with Crippen molar-refractivity contribution in [2.75, 3.05) is 0 Å². The van der Waals surface area contributed by atoms with Crippen molar-refractivity contribution in [3.8, 4) is 0 Å². The van der Waals surface area contributed by atoms with Crippen LogP contribution in [0.25, 0.3) is 6.08 Å². The van der Waals surface area contributed by atoms with Crippen LogP contribution in [0, 0.1) is 11.6 Å². The molecule has 118 valence electrons. The summed E-state index contributed by atoms with van der Waals surface area (Å²) in [4.78, 5) is 15.8. The number of hydrogen-bond donors (Lipinski definition) is 0. The van der Waals surface area contributed by atoms with E-state index in [9.17, 15) is 13.6 Å². The largest absolute Gasteiger partial charge is 0.449 e. The first-order valence-electron chi connectivity index (χ1n) is 5.97. The third-order valence-corrected chi connectivity index (χ3v) is 4.83. The van der Waals surface area contributed by atoms with Crippen LogP contribution < -0.4 is 0 Å². The maximum Gasteiger partial charge on any atom is 0.363 e. The predicted octanol–water partition coefficient (Wildman–Crippen LogP) is 5.08. The van der Waals surface area contributed by atoms with E-state index in [1.165, 1.54) is 6.08 Å². The molecule has 0 saturated heterocycles. The first kappa shape index (κ1) is 16.4. The van der Waals surface area contributed by atoms with E-state index in [2.05, 4.69) is 36.9 Å². The fourth-order valence-electron chi connectivity index (χ4n) is 1.78. The zero-order chi connectivity index (χ0) is 16.7. The summed E-state index contributed by atoms with van der Waals surface area (Å²) >= 11 is 12.2. The van der Waals surface area contributed by atoms with Crippen LogP contribution in [0.2, 0.25) is 5.02 Å². The fourth-order valence-corrected chi connectivity index (χ4v) is 2.62. The van der Waals surface area contributed by atoms with Gasteiger partial charge in [-0.1, -0.05) is 11.6 Å². The Morgan fingerprint density at radius 2 is 1.87 bits per heavy atom. The molecule has 0 bridgehead atoms. The third kappa shape index (κ3) is 3.24. The van der Waals surface area contributed by atoms with E-state index >= 15 is 0 Å². The highest BCUT2D eigenvalue weighted by Crippen LogP contribution is 2.30. The summed E-state index contributed by atoms with van der Waals surface area (Å²) in [6.45, 7) is 0. The summed E-state index contributed by atoms with van der Waals surface area (Å²) in [5.74, 6) is -2.86. The smallest absolute Gasteiger partial charge is 0.363 e. The standard InChI is InChI=1S/C14H4Br2ClF2NO3/c15-7-1-5(22-12(7)16)2-11-14(21)23-13(20-11)6-3-9(18)10(19)4-8(6)17/h1-4H. The Labute approximate surface area is 150 Å². The molecule has 4 nitrogen and oxygen atoms in total. The number of esters is 1. The molecule has 1 aliphatic heterocycles. The maximum atomic E-state index is 13.3. The van der Waals surface area contributed by atoms with Crippen molar-refractivity contribution in [3.05, 3.63) is 61.0 Å². The number of carbonyl (C=O) groups excluding carboxylic acids is 1. The van der Waals surface area contributed by atoms with Gasteiger partial charge in [0.15, 0.2) is 22.0 Å². The lowest BCUT2D eigenvalue weighted by atomic mass is 10.2. The third-order valence-electron chi connectivity index (χ3n) is 2.80. The lowest BCUT2D eigenvalue weighted by Gasteiger charge is -2.03. The minimum absolute atomic E-state index is 0.0240. The summed E-state index contributed by atoms with van der Waals surface area (Å²) in [7, 11) is 0. The van der Waals surface area contributed by atoms with Crippen molar-refractivity contribution in [3.63, 3.8) is 0 Å². The molecule has 0 atom stereocenters. The van der Waals surface area contributed by atoms with Crippen LogP contribution in [0.1, 0.15) is 11.3 Å². The van der Waals surface area contributed by atoms with Gasteiger partial charge in [0.1, 0.15) is 5.76 Å². The average molecular weight is 467 g/mol. The van der Waals surface area contributed by atoms with Crippen LogP contribution in [0.3, 0.4) is 0 Å². The molecule has 0 aliphatic carbocycles. The van der Waals surface area contributed by atoms with Crippen molar-refractivity contribution in [2.45, 2.75) is 0 Å². The summed E-state index contributed by atoms with van der Waals surface area (Å²) in [5, 5.41) is -0.125. The number of cyclic esters (lactones) is 1. The lowest BCUT2D eigenvalue weighted by molar-refractivity contribution is -0.129. The molecular formula is C14H4Br2ClF2NO3. The number of ether oxygens (including phenoxy) is 1. The SMILES string of the molecule is O=C1OC(c2cc(F)c(F)cc2Cl)=NC1=Cc1cc(Br)c(Br)o1. The topological polar surface area (TPSA) is 51.8 Å². The number of halogens is 5. The molecule has 1 aromatic heterocycles. The van der Waals surface area contributed by atoms with Crippen LogP contribution in [0.15, 0.2) is 42.4 Å². The van der Waals surface area contributed by atoms with Crippen LogP contribution in [-0.2, 0) is 9.53 Å². The molecule has 9 heteroatoms. The van der Waals surface area contributed by atoms with Gasteiger partial charge in [-0.25, -0.2) is 18.6 Å². The number of benzene rings is 1. The van der Waals surface area contributed by atoms with E-state index < -0.39 is 17.6 Å². The van der Waals surface area contributed by atoms with Gasteiger partial charge in [0.2, 0.25) is 5.90 Å². The Bertz CT molecular complexity index is 873. The zero-order valence-electron chi connectivity index (χ0n) is 10.9. The van der Waals surface area contributed by atoms with Crippen LogP contribution in [0.5, 0.6) is 0 Å². The summed E-state index contributed by atoms with van der Waals surface area (Å²) < 4.78 is 37.8. The van der Waals surface area contributed by atoms with Gasteiger partial charge < -0.3 is 9.15 Å². The molecule has 1 aromatic carbocycles. The van der Waals surface area contributed by atoms with Gasteiger partial charge in [0, 0.05) is 6.08 Å². The van der Waals surface area contributed by atoms with Crippen molar-refractivity contribution in [1.29, 1.82) is 0 Å². The van der Waals surface area contributed by atoms with Gasteiger partial charge in [-0.15, -0.1) is 0 Å². The Morgan fingerprint density at radius 1 is 1.17 bits per heavy atom. The maximum absolute atomic E-state index is 13.3. The molecule has 0 N–H and O–H groups in total. The van der Waals surface area contributed by atoms with Gasteiger partial charge in [0.05, 0.1) is 15.1 Å². The molecular weight excluding hydrogens is 463 g/mol. The van der Waals surface area contributed by atoms with E-state index in [1.807, 2.05) is 0 Å². The molecule has 3 rings (SSSR count). The second kappa shape index (κ2) is 6.18. The first-order chi connectivity index (χ1) is 10.8. The molecule has 23 heavy (non-hydrogen) atoms. The zero-order valence-corrected chi connectivity index (χ0v) is 14.8. The monoisotopic (exact) mass is 465 g/mol. The first-order valence-corrected chi connectivity index (χ1v) is 7.94. The van der Waals surface area contributed by atoms with Crippen molar-refractivity contribution < 1.29 is 22.7 Å². The van der Waals surface area contributed by atoms with E-state index in [0.717, 1.165) is 12.1 Å².